The van der Waals surface area contributed by atoms with Gasteiger partial charge in [0.1, 0.15) is 11.2 Å². The van der Waals surface area contributed by atoms with E-state index in [0.717, 1.165) is 6.42 Å². The maximum atomic E-state index is 11.3. The number of aliphatic carboxylic acids is 1. The predicted molar refractivity (Wildman–Crippen MR) is 67.1 cm³/mol. The molecule has 0 amide bonds. The Hall–Kier alpha value is -2.12. The fourth-order valence-corrected chi connectivity index (χ4v) is 2.29. The maximum absolute atomic E-state index is 11.3. The van der Waals surface area contributed by atoms with E-state index in [1.54, 1.807) is 14.0 Å². The summed E-state index contributed by atoms with van der Waals surface area (Å²) in [4.78, 5) is 21.9. The molecule has 1 saturated carbocycles. The van der Waals surface area contributed by atoms with Crippen LogP contribution in [0.3, 0.4) is 0 Å². The van der Waals surface area contributed by atoms with Gasteiger partial charge in [-0.3, -0.25) is 10.1 Å². The van der Waals surface area contributed by atoms with Gasteiger partial charge in [0.05, 0.1) is 4.92 Å². The van der Waals surface area contributed by atoms with Gasteiger partial charge >= 0.3 is 11.7 Å². The Morgan fingerprint density at radius 2 is 2.26 bits per heavy atom. The van der Waals surface area contributed by atoms with E-state index in [1.807, 2.05) is 0 Å². The van der Waals surface area contributed by atoms with Gasteiger partial charge in [-0.1, -0.05) is 6.92 Å². The van der Waals surface area contributed by atoms with E-state index < -0.39 is 16.4 Å². The van der Waals surface area contributed by atoms with Crippen molar-refractivity contribution in [2.75, 3.05) is 5.32 Å². The number of carbonyl (C=O) groups is 1. The van der Waals surface area contributed by atoms with Gasteiger partial charge in [-0.15, -0.1) is 0 Å². The van der Waals surface area contributed by atoms with E-state index in [9.17, 15) is 20.0 Å². The van der Waals surface area contributed by atoms with Crippen molar-refractivity contribution >= 4 is 17.5 Å². The normalized spacial score (nSPS) is 16.7. The van der Waals surface area contributed by atoms with E-state index in [1.165, 1.54) is 4.68 Å². The van der Waals surface area contributed by atoms with E-state index >= 15 is 0 Å². The minimum Gasteiger partial charge on any atom is -0.480 e. The van der Waals surface area contributed by atoms with Crippen LogP contribution in [0, 0.1) is 10.1 Å². The molecule has 0 radical (unpaired) electrons. The average molecular weight is 268 g/mol. The Kier molecular flexibility index (Phi) is 3.17. The number of aromatic nitrogens is 2. The molecule has 1 aliphatic carbocycles. The topological polar surface area (TPSA) is 110 Å². The monoisotopic (exact) mass is 268 g/mol. The number of anilines is 1. The molecule has 2 rings (SSSR count). The molecule has 0 aromatic carbocycles. The Labute approximate surface area is 109 Å². The summed E-state index contributed by atoms with van der Waals surface area (Å²) in [5, 5.41) is 27.3. The second-order valence-corrected chi connectivity index (χ2v) is 4.74. The summed E-state index contributed by atoms with van der Waals surface area (Å²) in [5.41, 5.74) is -0.865. The Bertz CT molecular complexity index is 533. The van der Waals surface area contributed by atoms with Crippen LogP contribution in [0.25, 0.3) is 0 Å². The number of nitrogens with zero attached hydrogens (tertiary/aromatic N) is 3. The summed E-state index contributed by atoms with van der Waals surface area (Å²) in [6.45, 7) is 1.77. The van der Waals surface area contributed by atoms with Gasteiger partial charge in [0.25, 0.3) is 0 Å². The van der Waals surface area contributed by atoms with E-state index in [4.69, 9.17) is 0 Å². The van der Waals surface area contributed by atoms with Gasteiger partial charge in [0, 0.05) is 7.05 Å². The molecule has 8 heteroatoms. The molecular weight excluding hydrogens is 252 g/mol. The van der Waals surface area contributed by atoms with Gasteiger partial charge in [-0.25, -0.2) is 9.48 Å². The molecule has 1 aliphatic rings. The van der Waals surface area contributed by atoms with Crippen LogP contribution < -0.4 is 5.32 Å². The SMILES string of the molecule is CCc1nn(C)c(NC2(C(=O)O)CCC2)c1[N+](=O)[O-]. The molecule has 1 aromatic rings. The summed E-state index contributed by atoms with van der Waals surface area (Å²) >= 11 is 0. The summed E-state index contributed by atoms with van der Waals surface area (Å²) in [7, 11) is 1.57. The Morgan fingerprint density at radius 1 is 1.63 bits per heavy atom. The van der Waals surface area contributed by atoms with Crippen molar-refractivity contribution in [3.8, 4) is 0 Å². The molecule has 2 N–H and O–H groups in total. The van der Waals surface area contributed by atoms with Crippen molar-refractivity contribution < 1.29 is 14.8 Å². The maximum Gasteiger partial charge on any atom is 0.334 e. The minimum absolute atomic E-state index is 0.127. The molecule has 0 bridgehead atoms. The fourth-order valence-electron chi connectivity index (χ4n) is 2.29. The van der Waals surface area contributed by atoms with Gasteiger partial charge < -0.3 is 10.4 Å². The van der Waals surface area contributed by atoms with Crippen LogP contribution in [0.2, 0.25) is 0 Å². The zero-order chi connectivity index (χ0) is 14.2. The number of nitro groups is 1. The van der Waals surface area contributed by atoms with Crippen LogP contribution >= 0.6 is 0 Å². The van der Waals surface area contributed by atoms with E-state index in [2.05, 4.69) is 10.4 Å². The van der Waals surface area contributed by atoms with E-state index in [-0.39, 0.29) is 11.5 Å². The highest BCUT2D eigenvalue weighted by atomic mass is 16.6. The first-order chi connectivity index (χ1) is 8.91. The molecule has 104 valence electrons. The molecule has 0 aliphatic heterocycles. The largest absolute Gasteiger partial charge is 0.480 e. The number of hydrogen-bond acceptors (Lipinski definition) is 5. The highest BCUT2D eigenvalue weighted by Crippen LogP contribution is 2.39. The van der Waals surface area contributed by atoms with Gasteiger partial charge in [-0.05, 0) is 25.7 Å². The first kappa shape index (κ1) is 13.3. The third-order valence-electron chi connectivity index (χ3n) is 3.58. The number of nitrogens with one attached hydrogen (secondary N) is 1. The molecule has 0 atom stereocenters. The van der Waals surface area contributed by atoms with Crippen molar-refractivity contribution in [1.29, 1.82) is 0 Å². The van der Waals surface area contributed by atoms with Crippen LogP contribution in [0.4, 0.5) is 11.5 Å². The summed E-state index contributed by atoms with van der Waals surface area (Å²) < 4.78 is 1.35. The van der Waals surface area contributed by atoms with Gasteiger partial charge in [-0.2, -0.15) is 5.10 Å². The van der Waals surface area contributed by atoms with Gasteiger partial charge in [0.2, 0.25) is 5.82 Å². The first-order valence-corrected chi connectivity index (χ1v) is 6.13. The predicted octanol–water partition coefficient (Wildman–Crippen LogP) is 1.31. The quantitative estimate of drug-likeness (QED) is 0.615. The number of carboxylic acid groups (broad SMARTS) is 1. The van der Waals surface area contributed by atoms with Crippen LogP contribution in [-0.4, -0.2) is 31.3 Å². The highest BCUT2D eigenvalue weighted by molar-refractivity contribution is 5.84. The molecule has 1 heterocycles. The Balaban J connectivity index is 2.42. The molecule has 8 nitrogen and oxygen atoms in total. The van der Waals surface area contributed by atoms with Crippen LogP contribution in [0.1, 0.15) is 31.9 Å². The molecule has 0 spiro atoms. The van der Waals surface area contributed by atoms with Crippen LogP contribution in [0.5, 0.6) is 0 Å². The van der Waals surface area contributed by atoms with Crippen molar-refractivity contribution in [3.05, 3.63) is 15.8 Å². The van der Waals surface area contributed by atoms with E-state index in [0.29, 0.717) is 25.0 Å². The number of carboxylic acids is 1. The molecular formula is C11H16N4O4. The lowest BCUT2D eigenvalue weighted by Gasteiger charge is -2.38. The summed E-state index contributed by atoms with van der Waals surface area (Å²) in [6, 6.07) is 0. The van der Waals surface area contributed by atoms with Gasteiger partial charge in [0.15, 0.2) is 0 Å². The van der Waals surface area contributed by atoms with Crippen molar-refractivity contribution in [1.82, 2.24) is 9.78 Å². The fraction of sp³-hybridized carbons (Fsp3) is 0.636. The molecule has 0 saturated heterocycles. The lowest BCUT2D eigenvalue weighted by atomic mass is 9.77. The lowest BCUT2D eigenvalue weighted by molar-refractivity contribution is -0.384. The zero-order valence-electron chi connectivity index (χ0n) is 10.8. The van der Waals surface area contributed by atoms with Crippen molar-refractivity contribution in [3.63, 3.8) is 0 Å². The zero-order valence-corrected chi connectivity index (χ0v) is 10.8. The second-order valence-electron chi connectivity index (χ2n) is 4.74. The minimum atomic E-state index is -1.09. The average Bonchev–Trinajstić information content (AvgIpc) is 2.59. The van der Waals surface area contributed by atoms with Crippen LogP contribution in [0.15, 0.2) is 0 Å². The number of aryl methyl sites for hydroxylation is 2. The molecule has 1 aromatic heterocycles. The van der Waals surface area contributed by atoms with Crippen molar-refractivity contribution in [2.24, 2.45) is 7.05 Å². The molecule has 1 fully saturated rings. The summed E-state index contributed by atoms with van der Waals surface area (Å²) in [5.74, 6) is -0.809. The third-order valence-corrected chi connectivity index (χ3v) is 3.58. The lowest BCUT2D eigenvalue weighted by Crippen LogP contribution is -2.52. The summed E-state index contributed by atoms with van der Waals surface area (Å²) in [6.07, 6.45) is 2.15. The Morgan fingerprint density at radius 3 is 2.63 bits per heavy atom. The van der Waals surface area contributed by atoms with Crippen LogP contribution in [-0.2, 0) is 18.3 Å². The number of rotatable bonds is 5. The molecule has 19 heavy (non-hydrogen) atoms. The molecule has 0 unspecified atom stereocenters. The smallest absolute Gasteiger partial charge is 0.334 e. The second kappa shape index (κ2) is 4.52. The third kappa shape index (κ3) is 2.02. The van der Waals surface area contributed by atoms with Crippen molar-refractivity contribution in [2.45, 2.75) is 38.1 Å². The first-order valence-electron chi connectivity index (χ1n) is 6.13. The highest BCUT2D eigenvalue weighted by Gasteiger charge is 2.46. The standard InChI is InChI=1S/C11H16N4O4/c1-3-7-8(15(18)19)9(14(2)13-7)12-11(10(16)17)5-4-6-11/h12H,3-6H2,1-2H3,(H,16,17). The number of hydrogen-bond donors (Lipinski definition) is 2.